The van der Waals surface area contributed by atoms with Gasteiger partial charge in [0.05, 0.1) is 28.7 Å². The summed E-state index contributed by atoms with van der Waals surface area (Å²) in [5.74, 6) is -1.72. The van der Waals surface area contributed by atoms with Gasteiger partial charge in [-0.15, -0.1) is 5.10 Å². The van der Waals surface area contributed by atoms with E-state index in [1.165, 1.54) is 12.1 Å². The topological polar surface area (TPSA) is 88.9 Å². The summed E-state index contributed by atoms with van der Waals surface area (Å²) in [4.78, 5) is 23.5. The summed E-state index contributed by atoms with van der Waals surface area (Å²) in [7, 11) is 0. The monoisotopic (exact) mass is 457 g/mol. The van der Waals surface area contributed by atoms with Crippen LogP contribution in [-0.2, 0) is 17.1 Å². The van der Waals surface area contributed by atoms with Gasteiger partial charge >= 0.3 is 12.4 Å². The Balaban J connectivity index is 1.90. The van der Waals surface area contributed by atoms with E-state index in [-0.39, 0.29) is 5.69 Å². The summed E-state index contributed by atoms with van der Waals surface area (Å²) in [6, 6.07) is 7.09. The molecular formula is C19H13F6N5O2. The van der Waals surface area contributed by atoms with E-state index in [0.29, 0.717) is 10.7 Å². The predicted octanol–water partition coefficient (Wildman–Crippen LogP) is 4.52. The maximum absolute atomic E-state index is 13.4. The minimum absolute atomic E-state index is 0.141. The lowest BCUT2D eigenvalue weighted by atomic mass is 10.1. The molecule has 2 amide bonds. The number of para-hydroxylation sites is 1. The standard InChI is InChI=1S/C19H13F6N5O2/c1-10(31)26-11-6-7-14(13(8-11)19(23,24)25)27-17(32)15-9-30(29-28-15)16-5-3-2-4-12(16)18(20,21)22/h2-9H,1H3,(H,26,31)(H,27,32). The molecule has 0 unspecified atom stereocenters. The van der Waals surface area contributed by atoms with Crippen LogP contribution in [0.15, 0.2) is 48.7 Å². The zero-order chi connectivity index (χ0) is 23.7. The molecule has 0 saturated heterocycles. The fourth-order valence-electron chi connectivity index (χ4n) is 2.75. The molecule has 168 valence electrons. The second-order valence-electron chi connectivity index (χ2n) is 6.46. The van der Waals surface area contributed by atoms with E-state index >= 15 is 0 Å². The van der Waals surface area contributed by atoms with Crippen molar-refractivity contribution in [2.24, 2.45) is 0 Å². The largest absolute Gasteiger partial charge is 0.418 e. The highest BCUT2D eigenvalue weighted by Crippen LogP contribution is 2.37. The van der Waals surface area contributed by atoms with Gasteiger partial charge in [0, 0.05) is 12.6 Å². The predicted molar refractivity (Wildman–Crippen MR) is 100 cm³/mol. The molecule has 0 atom stereocenters. The number of halogens is 6. The quantitative estimate of drug-likeness (QED) is 0.564. The molecule has 0 saturated carbocycles. The Morgan fingerprint density at radius 2 is 1.56 bits per heavy atom. The Bertz CT molecular complexity index is 1170. The molecular weight excluding hydrogens is 444 g/mol. The van der Waals surface area contributed by atoms with Gasteiger partial charge in [0.1, 0.15) is 0 Å². The Hall–Kier alpha value is -3.90. The Morgan fingerprint density at radius 3 is 2.19 bits per heavy atom. The van der Waals surface area contributed by atoms with Crippen LogP contribution in [0.3, 0.4) is 0 Å². The van der Waals surface area contributed by atoms with Crippen LogP contribution in [0.2, 0.25) is 0 Å². The number of anilines is 2. The van der Waals surface area contributed by atoms with Crippen LogP contribution in [0, 0.1) is 0 Å². The third-order valence-electron chi connectivity index (χ3n) is 4.08. The molecule has 0 bridgehead atoms. The lowest BCUT2D eigenvalue weighted by Crippen LogP contribution is -2.18. The zero-order valence-electron chi connectivity index (χ0n) is 16.0. The number of nitrogens with zero attached hydrogens (tertiary/aromatic N) is 3. The van der Waals surface area contributed by atoms with E-state index in [9.17, 15) is 35.9 Å². The van der Waals surface area contributed by atoms with E-state index in [0.717, 1.165) is 37.4 Å². The number of hydrogen-bond acceptors (Lipinski definition) is 4. The third kappa shape index (κ3) is 5.04. The van der Waals surface area contributed by atoms with Crippen LogP contribution >= 0.6 is 0 Å². The van der Waals surface area contributed by atoms with Crippen molar-refractivity contribution in [3.05, 3.63) is 65.5 Å². The van der Waals surface area contributed by atoms with Crippen molar-refractivity contribution in [3.8, 4) is 5.69 Å². The van der Waals surface area contributed by atoms with Crippen LogP contribution in [-0.4, -0.2) is 26.8 Å². The van der Waals surface area contributed by atoms with Gasteiger partial charge in [-0.2, -0.15) is 26.3 Å². The molecule has 0 aliphatic carbocycles. The van der Waals surface area contributed by atoms with Crippen LogP contribution < -0.4 is 10.6 Å². The number of amides is 2. The lowest BCUT2D eigenvalue weighted by molar-refractivity contribution is -0.138. The molecule has 0 aliphatic heterocycles. The van der Waals surface area contributed by atoms with Crippen molar-refractivity contribution in [2.75, 3.05) is 10.6 Å². The van der Waals surface area contributed by atoms with Crippen LogP contribution in [0.5, 0.6) is 0 Å². The molecule has 2 aromatic carbocycles. The maximum Gasteiger partial charge on any atom is 0.418 e. The number of hydrogen-bond donors (Lipinski definition) is 2. The van der Waals surface area contributed by atoms with E-state index in [1.54, 1.807) is 0 Å². The summed E-state index contributed by atoms with van der Waals surface area (Å²) in [5, 5.41) is 11.1. The normalized spacial score (nSPS) is 11.8. The highest BCUT2D eigenvalue weighted by molar-refractivity contribution is 6.03. The fourth-order valence-corrected chi connectivity index (χ4v) is 2.75. The summed E-state index contributed by atoms with van der Waals surface area (Å²) >= 11 is 0. The minimum Gasteiger partial charge on any atom is -0.326 e. The van der Waals surface area contributed by atoms with Crippen LogP contribution in [0.1, 0.15) is 28.5 Å². The average molecular weight is 457 g/mol. The van der Waals surface area contributed by atoms with E-state index < -0.39 is 52.4 Å². The number of carbonyl (C=O) groups excluding carboxylic acids is 2. The van der Waals surface area contributed by atoms with E-state index in [2.05, 4.69) is 15.6 Å². The summed E-state index contributed by atoms with van der Waals surface area (Å²) in [6.07, 6.45) is -8.72. The van der Waals surface area contributed by atoms with Gasteiger partial charge < -0.3 is 10.6 Å². The highest BCUT2D eigenvalue weighted by Gasteiger charge is 2.35. The Morgan fingerprint density at radius 1 is 0.906 bits per heavy atom. The molecule has 0 fully saturated rings. The zero-order valence-corrected chi connectivity index (χ0v) is 16.0. The van der Waals surface area contributed by atoms with E-state index in [4.69, 9.17) is 0 Å². The fraction of sp³-hybridized carbons (Fsp3) is 0.158. The smallest absolute Gasteiger partial charge is 0.326 e. The van der Waals surface area contributed by atoms with Gasteiger partial charge in [0.15, 0.2) is 5.69 Å². The van der Waals surface area contributed by atoms with Crippen LogP contribution in [0.25, 0.3) is 5.69 Å². The number of nitrogens with one attached hydrogen (secondary N) is 2. The molecule has 7 nitrogen and oxygen atoms in total. The number of benzene rings is 2. The van der Waals surface area contributed by atoms with Crippen molar-refractivity contribution in [3.63, 3.8) is 0 Å². The number of aromatic nitrogens is 3. The molecule has 32 heavy (non-hydrogen) atoms. The Labute approximate surface area is 176 Å². The molecule has 1 heterocycles. The molecule has 3 rings (SSSR count). The van der Waals surface area contributed by atoms with E-state index in [1.807, 2.05) is 5.32 Å². The lowest BCUT2D eigenvalue weighted by Gasteiger charge is -2.15. The molecule has 13 heteroatoms. The average Bonchev–Trinajstić information content (AvgIpc) is 3.17. The molecule has 1 aromatic heterocycles. The maximum atomic E-state index is 13.4. The number of carbonyl (C=O) groups is 2. The Kier molecular flexibility index (Phi) is 5.92. The highest BCUT2D eigenvalue weighted by atomic mass is 19.4. The first-order valence-electron chi connectivity index (χ1n) is 8.75. The van der Waals surface area contributed by atoms with Gasteiger partial charge in [-0.05, 0) is 30.3 Å². The minimum atomic E-state index is -4.87. The van der Waals surface area contributed by atoms with Crippen molar-refractivity contribution >= 4 is 23.2 Å². The number of alkyl halides is 6. The van der Waals surface area contributed by atoms with Crippen molar-refractivity contribution in [1.29, 1.82) is 0 Å². The van der Waals surface area contributed by atoms with Gasteiger partial charge in [0.2, 0.25) is 5.91 Å². The van der Waals surface area contributed by atoms with Crippen molar-refractivity contribution in [2.45, 2.75) is 19.3 Å². The molecule has 0 radical (unpaired) electrons. The van der Waals surface area contributed by atoms with Gasteiger partial charge in [-0.1, -0.05) is 17.3 Å². The molecule has 2 N–H and O–H groups in total. The molecule has 0 spiro atoms. The van der Waals surface area contributed by atoms with Gasteiger partial charge in [-0.3, -0.25) is 9.59 Å². The SMILES string of the molecule is CC(=O)Nc1ccc(NC(=O)c2cn(-c3ccccc3C(F)(F)F)nn2)c(C(F)(F)F)c1. The van der Waals surface area contributed by atoms with Crippen molar-refractivity contribution in [1.82, 2.24) is 15.0 Å². The first kappa shape index (κ1) is 22.8. The second kappa shape index (κ2) is 8.32. The third-order valence-corrected chi connectivity index (χ3v) is 4.08. The first-order valence-corrected chi connectivity index (χ1v) is 8.75. The van der Waals surface area contributed by atoms with Crippen molar-refractivity contribution < 1.29 is 35.9 Å². The van der Waals surface area contributed by atoms with Gasteiger partial charge in [0.25, 0.3) is 5.91 Å². The van der Waals surface area contributed by atoms with Crippen LogP contribution in [0.4, 0.5) is 37.7 Å². The molecule has 3 aromatic rings. The summed E-state index contributed by atoms with van der Waals surface area (Å²) in [5.41, 5.74) is -3.99. The molecule has 0 aliphatic rings. The van der Waals surface area contributed by atoms with Gasteiger partial charge in [-0.25, -0.2) is 4.68 Å². The second-order valence-corrected chi connectivity index (χ2v) is 6.46. The summed E-state index contributed by atoms with van der Waals surface area (Å²) < 4.78 is 80.4. The first-order chi connectivity index (χ1) is 14.9. The number of rotatable bonds is 4. The summed E-state index contributed by atoms with van der Waals surface area (Å²) in [6.45, 7) is 1.11.